The maximum Gasteiger partial charge on any atom is 0.335 e. The minimum atomic E-state index is -1.05. The Balaban J connectivity index is 1.78. The molecule has 0 spiro atoms. The third kappa shape index (κ3) is 5.57. The zero-order chi connectivity index (χ0) is 18.2. The summed E-state index contributed by atoms with van der Waals surface area (Å²) in [6.45, 7) is 0. The highest BCUT2D eigenvalue weighted by Crippen LogP contribution is 2.14. The Morgan fingerprint density at radius 1 is 0.920 bits per heavy atom. The third-order valence-corrected chi connectivity index (χ3v) is 3.89. The average Bonchev–Trinajstić information content (AvgIpc) is 2.62. The molecule has 5 nitrogen and oxygen atoms in total. The van der Waals surface area contributed by atoms with Crippen molar-refractivity contribution in [3.63, 3.8) is 0 Å². The first-order valence-electron chi connectivity index (χ1n) is 8.01. The molecule has 2 aromatic carbocycles. The summed E-state index contributed by atoms with van der Waals surface area (Å²) < 4.78 is 5.09. The van der Waals surface area contributed by atoms with E-state index in [1.54, 1.807) is 7.11 Å². The number of carbonyl (C=O) groups excluding carboxylic acids is 2. The molecule has 2 rings (SSSR count). The number of hydrogen-bond acceptors (Lipinski definition) is 4. The highest BCUT2D eigenvalue weighted by molar-refractivity contribution is 6.08. The quantitative estimate of drug-likeness (QED) is 0.558. The zero-order valence-corrected chi connectivity index (χ0v) is 14.0. The fourth-order valence-corrected chi connectivity index (χ4v) is 2.45. The number of aromatic carboxylic acids is 1. The van der Waals surface area contributed by atoms with E-state index in [9.17, 15) is 14.4 Å². The highest BCUT2D eigenvalue weighted by atomic mass is 16.5. The highest BCUT2D eigenvalue weighted by Gasteiger charge is 2.12. The second-order valence-corrected chi connectivity index (χ2v) is 5.72. The predicted molar refractivity (Wildman–Crippen MR) is 93.3 cm³/mol. The minimum absolute atomic E-state index is 0.110. The van der Waals surface area contributed by atoms with Gasteiger partial charge in [0.05, 0.1) is 19.1 Å². The van der Waals surface area contributed by atoms with Crippen LogP contribution in [0.15, 0.2) is 48.5 Å². The molecule has 0 amide bonds. The van der Waals surface area contributed by atoms with Crippen LogP contribution in [0, 0.1) is 0 Å². The van der Waals surface area contributed by atoms with Crippen LogP contribution in [-0.2, 0) is 11.2 Å². The molecule has 0 bridgehead atoms. The van der Waals surface area contributed by atoms with Crippen LogP contribution in [0.1, 0.15) is 45.5 Å². The van der Waals surface area contributed by atoms with Gasteiger partial charge in [0, 0.05) is 12.0 Å². The molecule has 1 N–H and O–H groups in total. The largest absolute Gasteiger partial charge is 0.497 e. The second-order valence-electron chi connectivity index (χ2n) is 5.72. The van der Waals surface area contributed by atoms with Crippen molar-refractivity contribution >= 4 is 17.5 Å². The normalized spacial score (nSPS) is 10.3. The van der Waals surface area contributed by atoms with E-state index in [4.69, 9.17) is 9.84 Å². The Kier molecular flexibility index (Phi) is 6.46. The molecule has 0 aliphatic heterocycles. The van der Waals surface area contributed by atoms with Crippen LogP contribution >= 0.6 is 0 Å². The fraction of sp³-hybridized carbons (Fsp3) is 0.250. The van der Waals surface area contributed by atoms with Gasteiger partial charge in [-0.2, -0.15) is 0 Å². The van der Waals surface area contributed by atoms with E-state index < -0.39 is 5.97 Å². The molecule has 5 heteroatoms. The number of benzene rings is 2. The zero-order valence-electron chi connectivity index (χ0n) is 14.0. The lowest BCUT2D eigenvalue weighted by Crippen LogP contribution is -2.09. The Hall–Kier alpha value is -2.95. The molecule has 0 unspecified atom stereocenters. The summed E-state index contributed by atoms with van der Waals surface area (Å²) >= 11 is 0. The van der Waals surface area contributed by atoms with Crippen molar-refractivity contribution < 1.29 is 24.2 Å². The number of carboxylic acids is 1. The molecular formula is C20H20O5. The van der Waals surface area contributed by atoms with E-state index in [0.717, 1.165) is 17.7 Å². The molecular weight excluding hydrogens is 320 g/mol. The molecule has 0 atom stereocenters. The lowest BCUT2D eigenvalue weighted by molar-refractivity contribution is -0.118. The summed E-state index contributed by atoms with van der Waals surface area (Å²) in [6.07, 6.45) is 1.62. The summed E-state index contributed by atoms with van der Waals surface area (Å²) in [6, 6.07) is 13.3. The van der Waals surface area contributed by atoms with Crippen molar-refractivity contribution in [2.24, 2.45) is 0 Å². The van der Waals surface area contributed by atoms with E-state index in [1.165, 1.54) is 24.3 Å². The number of Topliss-reactive ketones (excluding diaryl/α,β-unsaturated/α-hetero) is 2. The van der Waals surface area contributed by atoms with E-state index in [0.29, 0.717) is 18.4 Å². The minimum Gasteiger partial charge on any atom is -0.497 e. The Bertz CT molecular complexity index is 745. The monoisotopic (exact) mass is 340 g/mol. The Morgan fingerprint density at radius 2 is 1.52 bits per heavy atom. The van der Waals surface area contributed by atoms with Gasteiger partial charge in [-0.3, -0.25) is 9.59 Å². The number of ether oxygens (including phenoxy) is 1. The summed E-state index contributed by atoms with van der Waals surface area (Å²) in [5.41, 5.74) is 1.58. The molecule has 0 radical (unpaired) electrons. The van der Waals surface area contributed by atoms with E-state index in [2.05, 4.69) is 0 Å². The van der Waals surface area contributed by atoms with Gasteiger partial charge < -0.3 is 9.84 Å². The summed E-state index contributed by atoms with van der Waals surface area (Å²) in [4.78, 5) is 34.8. The van der Waals surface area contributed by atoms with E-state index in [-0.39, 0.29) is 23.6 Å². The lowest BCUT2D eigenvalue weighted by atomic mass is 10.0. The van der Waals surface area contributed by atoms with Gasteiger partial charge >= 0.3 is 5.97 Å². The van der Waals surface area contributed by atoms with Crippen molar-refractivity contribution in [2.75, 3.05) is 7.11 Å². The van der Waals surface area contributed by atoms with E-state index in [1.807, 2.05) is 24.3 Å². The van der Waals surface area contributed by atoms with Crippen molar-refractivity contribution in [1.82, 2.24) is 0 Å². The molecule has 0 fully saturated rings. The molecule has 0 aromatic heterocycles. The van der Waals surface area contributed by atoms with Crippen molar-refractivity contribution in [3.05, 3.63) is 65.2 Å². The number of hydrogen-bond donors (Lipinski definition) is 1. The first-order chi connectivity index (χ1) is 12.0. The van der Waals surface area contributed by atoms with Crippen molar-refractivity contribution in [1.29, 1.82) is 0 Å². The summed E-state index contributed by atoms with van der Waals surface area (Å²) in [5.74, 6) is -0.653. The number of carboxylic acid groups (broad SMARTS) is 1. The predicted octanol–water partition coefficient (Wildman–Crippen LogP) is 3.56. The topological polar surface area (TPSA) is 80.7 Å². The second kappa shape index (κ2) is 8.78. The SMILES string of the molecule is COc1ccc(CCCC(=O)CC(=O)c2ccc(C(=O)O)cc2)cc1. The van der Waals surface area contributed by atoms with Gasteiger partial charge in [-0.15, -0.1) is 0 Å². The number of aryl methyl sites for hydroxylation is 1. The lowest BCUT2D eigenvalue weighted by Gasteiger charge is -2.04. The van der Waals surface area contributed by atoms with Crippen LogP contribution in [0.3, 0.4) is 0 Å². The number of methoxy groups -OCH3 is 1. The number of ketones is 2. The first kappa shape index (κ1) is 18.4. The average molecular weight is 340 g/mol. The maximum absolute atomic E-state index is 12.1. The van der Waals surface area contributed by atoms with Gasteiger partial charge in [0.2, 0.25) is 0 Å². The molecule has 0 aliphatic rings. The first-order valence-corrected chi connectivity index (χ1v) is 8.01. The van der Waals surface area contributed by atoms with Crippen LogP contribution in [-0.4, -0.2) is 29.8 Å². The molecule has 0 aliphatic carbocycles. The Morgan fingerprint density at radius 3 is 2.08 bits per heavy atom. The van der Waals surface area contributed by atoms with E-state index >= 15 is 0 Å². The van der Waals surface area contributed by atoms with Gasteiger partial charge in [-0.05, 0) is 42.7 Å². The van der Waals surface area contributed by atoms with Crippen molar-refractivity contribution in [3.8, 4) is 5.75 Å². The van der Waals surface area contributed by atoms with Crippen LogP contribution in [0.25, 0.3) is 0 Å². The summed E-state index contributed by atoms with van der Waals surface area (Å²) in [7, 11) is 1.61. The molecule has 0 heterocycles. The van der Waals surface area contributed by atoms with Gasteiger partial charge in [-0.1, -0.05) is 24.3 Å². The van der Waals surface area contributed by atoms with Crippen LogP contribution in [0.2, 0.25) is 0 Å². The summed E-state index contributed by atoms with van der Waals surface area (Å²) in [5, 5.41) is 8.83. The van der Waals surface area contributed by atoms with Crippen LogP contribution in [0.4, 0.5) is 0 Å². The Labute approximate surface area is 146 Å². The van der Waals surface area contributed by atoms with Crippen molar-refractivity contribution in [2.45, 2.75) is 25.7 Å². The van der Waals surface area contributed by atoms with Gasteiger partial charge in [0.15, 0.2) is 5.78 Å². The molecule has 0 saturated carbocycles. The smallest absolute Gasteiger partial charge is 0.335 e. The molecule has 0 saturated heterocycles. The van der Waals surface area contributed by atoms with Gasteiger partial charge in [0.25, 0.3) is 0 Å². The fourth-order valence-electron chi connectivity index (χ4n) is 2.45. The number of carbonyl (C=O) groups is 3. The van der Waals surface area contributed by atoms with Gasteiger partial charge in [-0.25, -0.2) is 4.79 Å². The number of rotatable bonds is 9. The molecule has 2 aromatic rings. The third-order valence-electron chi connectivity index (χ3n) is 3.89. The maximum atomic E-state index is 12.1. The van der Waals surface area contributed by atoms with Crippen LogP contribution in [0.5, 0.6) is 5.75 Å². The molecule has 130 valence electrons. The van der Waals surface area contributed by atoms with Gasteiger partial charge in [0.1, 0.15) is 11.5 Å². The van der Waals surface area contributed by atoms with Crippen LogP contribution < -0.4 is 4.74 Å². The standard InChI is InChI=1S/C20H20O5/c1-25-18-11-5-14(6-12-18)3-2-4-17(21)13-19(22)15-7-9-16(10-8-15)20(23)24/h5-12H,2-4,13H2,1H3,(H,23,24). The molecule has 25 heavy (non-hydrogen) atoms.